The summed E-state index contributed by atoms with van der Waals surface area (Å²) < 4.78 is 2.42. The van der Waals surface area contributed by atoms with Gasteiger partial charge in [0.25, 0.3) is 0 Å². The number of aliphatic hydroxyl groups is 1. The first-order valence-electron chi connectivity index (χ1n) is 11.2. The number of rotatable bonds is 3. The highest BCUT2D eigenvalue weighted by atomic mass is 16.3. The van der Waals surface area contributed by atoms with Crippen molar-refractivity contribution in [1.82, 2.24) is 9.47 Å². The van der Waals surface area contributed by atoms with Crippen LogP contribution in [0.15, 0.2) is 18.2 Å². The molecule has 2 aromatic rings. The van der Waals surface area contributed by atoms with E-state index in [-0.39, 0.29) is 11.8 Å². The molecule has 0 bridgehead atoms. The zero-order valence-corrected chi connectivity index (χ0v) is 16.8. The molecule has 4 aliphatic rings. The standard InChI is InChI=1S/C24H30N2O2/c1-2-22-24(28)13-19-17-4-3-5-18-21(27)9-11-26(23(17)18)20(19)12-16(24)8-10-25(22)14-15-6-7-15/h3-5,15-16,22,28H,2,6-14H2,1H3/t16?,22-,24?/m1/s1. The lowest BCUT2D eigenvalue weighted by molar-refractivity contribution is -0.128. The maximum atomic E-state index is 12.5. The van der Waals surface area contributed by atoms with Crippen molar-refractivity contribution in [1.29, 1.82) is 0 Å². The zero-order valence-electron chi connectivity index (χ0n) is 16.8. The summed E-state index contributed by atoms with van der Waals surface area (Å²) in [6, 6.07) is 6.44. The second-order valence-corrected chi connectivity index (χ2v) is 9.67. The Hall–Kier alpha value is -1.65. The van der Waals surface area contributed by atoms with Gasteiger partial charge in [0, 0.05) is 48.6 Å². The number of carbonyl (C=O) groups is 1. The minimum Gasteiger partial charge on any atom is -0.388 e. The number of aromatic nitrogens is 1. The minimum atomic E-state index is -0.637. The Morgan fingerprint density at radius 3 is 2.86 bits per heavy atom. The fraction of sp³-hybridized carbons (Fsp3) is 0.625. The molecule has 2 fully saturated rings. The Kier molecular flexibility index (Phi) is 3.65. The van der Waals surface area contributed by atoms with Crippen molar-refractivity contribution in [2.45, 2.75) is 70.1 Å². The molecule has 1 aromatic carbocycles. The van der Waals surface area contributed by atoms with Gasteiger partial charge in [0.15, 0.2) is 5.78 Å². The van der Waals surface area contributed by atoms with Crippen LogP contribution >= 0.6 is 0 Å². The number of hydrogen-bond acceptors (Lipinski definition) is 3. The lowest BCUT2D eigenvalue weighted by Crippen LogP contribution is -2.64. The van der Waals surface area contributed by atoms with Gasteiger partial charge < -0.3 is 9.67 Å². The van der Waals surface area contributed by atoms with Crippen LogP contribution < -0.4 is 0 Å². The van der Waals surface area contributed by atoms with Crippen LogP contribution in [-0.2, 0) is 19.4 Å². The lowest BCUT2D eigenvalue weighted by Gasteiger charge is -2.53. The van der Waals surface area contributed by atoms with E-state index in [1.54, 1.807) is 0 Å². The number of hydrogen-bond donors (Lipinski definition) is 1. The summed E-state index contributed by atoms with van der Waals surface area (Å²) in [7, 11) is 0. The third kappa shape index (κ3) is 2.28. The van der Waals surface area contributed by atoms with E-state index in [4.69, 9.17) is 0 Å². The first kappa shape index (κ1) is 17.2. The van der Waals surface area contributed by atoms with Gasteiger partial charge in [0.1, 0.15) is 0 Å². The van der Waals surface area contributed by atoms with E-state index in [0.29, 0.717) is 12.3 Å². The van der Waals surface area contributed by atoms with Gasteiger partial charge in [-0.2, -0.15) is 0 Å². The van der Waals surface area contributed by atoms with E-state index in [0.717, 1.165) is 55.8 Å². The molecule has 2 unspecified atom stereocenters. The number of carbonyl (C=O) groups excluding carboxylic acids is 1. The van der Waals surface area contributed by atoms with Crippen molar-refractivity contribution in [3.05, 3.63) is 35.0 Å². The lowest BCUT2D eigenvalue weighted by atomic mass is 9.65. The molecule has 4 heteroatoms. The molecule has 1 saturated carbocycles. The van der Waals surface area contributed by atoms with Crippen LogP contribution in [0.3, 0.4) is 0 Å². The van der Waals surface area contributed by atoms with Gasteiger partial charge in [-0.1, -0.05) is 19.1 Å². The second kappa shape index (κ2) is 5.93. The Balaban J connectivity index is 1.46. The number of piperidine rings is 1. The number of Topliss-reactive ketones (excluding diaryl/α,β-unsaturated/α-hetero) is 1. The predicted molar refractivity (Wildman–Crippen MR) is 110 cm³/mol. The van der Waals surface area contributed by atoms with Crippen molar-refractivity contribution in [2.24, 2.45) is 11.8 Å². The number of para-hydroxylation sites is 1. The van der Waals surface area contributed by atoms with Crippen LogP contribution in [-0.4, -0.2) is 45.1 Å². The molecule has 6 rings (SSSR count). The first-order chi connectivity index (χ1) is 13.6. The number of fused-ring (bicyclic) bond motifs is 4. The summed E-state index contributed by atoms with van der Waals surface area (Å²) in [4.78, 5) is 15.1. The molecule has 1 aromatic heterocycles. The van der Waals surface area contributed by atoms with Gasteiger partial charge in [-0.25, -0.2) is 0 Å². The smallest absolute Gasteiger partial charge is 0.166 e. The molecular weight excluding hydrogens is 348 g/mol. The molecule has 1 saturated heterocycles. The van der Waals surface area contributed by atoms with Crippen molar-refractivity contribution in [2.75, 3.05) is 13.1 Å². The molecule has 4 nitrogen and oxygen atoms in total. The average molecular weight is 379 g/mol. The topological polar surface area (TPSA) is 45.5 Å². The minimum absolute atomic E-state index is 0.258. The van der Waals surface area contributed by atoms with Crippen LogP contribution in [0.25, 0.3) is 10.9 Å². The third-order valence-electron chi connectivity index (χ3n) is 8.13. The summed E-state index contributed by atoms with van der Waals surface area (Å²) in [5.41, 5.74) is 4.10. The van der Waals surface area contributed by atoms with E-state index in [2.05, 4.69) is 22.5 Å². The number of aryl methyl sites for hydroxylation is 1. The van der Waals surface area contributed by atoms with Gasteiger partial charge in [0.2, 0.25) is 0 Å². The fourth-order valence-electron chi connectivity index (χ4n) is 6.62. The maximum absolute atomic E-state index is 12.5. The number of ketones is 1. The molecule has 0 amide bonds. The summed E-state index contributed by atoms with van der Waals surface area (Å²) >= 11 is 0. The van der Waals surface area contributed by atoms with E-state index < -0.39 is 5.60 Å². The monoisotopic (exact) mass is 378 g/mol. The van der Waals surface area contributed by atoms with Gasteiger partial charge in [-0.3, -0.25) is 9.69 Å². The number of nitrogens with zero attached hydrogens (tertiary/aromatic N) is 2. The van der Waals surface area contributed by atoms with Gasteiger partial charge >= 0.3 is 0 Å². The molecule has 3 atom stereocenters. The average Bonchev–Trinajstić information content (AvgIpc) is 3.46. The first-order valence-corrected chi connectivity index (χ1v) is 11.2. The maximum Gasteiger partial charge on any atom is 0.166 e. The highest BCUT2D eigenvalue weighted by Crippen LogP contribution is 2.48. The van der Waals surface area contributed by atoms with Crippen molar-refractivity contribution in [3.63, 3.8) is 0 Å². The van der Waals surface area contributed by atoms with Crippen molar-refractivity contribution in [3.8, 4) is 0 Å². The molecular formula is C24H30N2O2. The van der Waals surface area contributed by atoms with Crippen LogP contribution in [0.4, 0.5) is 0 Å². The second-order valence-electron chi connectivity index (χ2n) is 9.67. The largest absolute Gasteiger partial charge is 0.388 e. The summed E-state index contributed by atoms with van der Waals surface area (Å²) in [6.45, 7) is 5.34. The van der Waals surface area contributed by atoms with Crippen LogP contribution in [0.5, 0.6) is 0 Å². The Morgan fingerprint density at radius 2 is 2.07 bits per heavy atom. The van der Waals surface area contributed by atoms with Gasteiger partial charge in [-0.15, -0.1) is 0 Å². The van der Waals surface area contributed by atoms with Gasteiger partial charge in [0.05, 0.1) is 11.1 Å². The summed E-state index contributed by atoms with van der Waals surface area (Å²) in [5, 5.41) is 13.3. The van der Waals surface area contributed by atoms with E-state index >= 15 is 0 Å². The van der Waals surface area contributed by atoms with E-state index in [9.17, 15) is 9.90 Å². The molecule has 28 heavy (non-hydrogen) atoms. The predicted octanol–water partition coefficient (Wildman–Crippen LogP) is 3.57. The number of likely N-dealkylation sites (tertiary alicyclic amines) is 1. The van der Waals surface area contributed by atoms with Crippen molar-refractivity contribution < 1.29 is 9.90 Å². The summed E-state index contributed by atoms with van der Waals surface area (Å²) in [6.07, 6.45) is 7.14. The fourth-order valence-corrected chi connectivity index (χ4v) is 6.62. The van der Waals surface area contributed by atoms with Gasteiger partial charge in [-0.05, 0) is 62.1 Å². The van der Waals surface area contributed by atoms with E-state index in [1.807, 2.05) is 12.1 Å². The zero-order chi connectivity index (χ0) is 19.0. The molecule has 0 radical (unpaired) electrons. The molecule has 3 heterocycles. The third-order valence-corrected chi connectivity index (χ3v) is 8.13. The highest BCUT2D eigenvalue weighted by Gasteiger charge is 2.52. The van der Waals surface area contributed by atoms with Crippen LogP contribution in [0.1, 0.15) is 60.6 Å². The Bertz CT molecular complexity index is 973. The van der Waals surface area contributed by atoms with Crippen molar-refractivity contribution >= 4 is 16.7 Å². The van der Waals surface area contributed by atoms with E-state index in [1.165, 1.54) is 36.0 Å². The van der Waals surface area contributed by atoms with Crippen LogP contribution in [0, 0.1) is 11.8 Å². The Morgan fingerprint density at radius 1 is 1.21 bits per heavy atom. The molecule has 0 spiro atoms. The Labute approximate surface area is 166 Å². The van der Waals surface area contributed by atoms with Crippen LogP contribution in [0.2, 0.25) is 0 Å². The molecule has 1 N–H and O–H groups in total. The quantitative estimate of drug-likeness (QED) is 0.888. The molecule has 2 aliphatic heterocycles. The summed E-state index contributed by atoms with van der Waals surface area (Å²) in [5.74, 6) is 1.46. The molecule has 2 aliphatic carbocycles. The number of benzene rings is 1. The SMILES string of the molecule is CC[C@H]1N(CC2CC2)CCC2Cc3c(c4cccc5c4n3CCC5=O)CC21O. The molecule has 148 valence electrons. The normalized spacial score (nSPS) is 32.4. The highest BCUT2D eigenvalue weighted by molar-refractivity contribution is 6.09.